The number of carbonyl (C=O) groups excluding carboxylic acids is 3. The van der Waals surface area contributed by atoms with Gasteiger partial charge in [-0.2, -0.15) is 0 Å². The SMILES string of the molecule is Cc1cc(C)cc(NC(=O)[C@@H]2[C@@H]3C=C[C@]4(O3)[C@@H]2C(=O)N(CCCN2CCOCC2)[C@H]4C(=O)N[C@@H]2CCC[C@H](C)[C@H]2C)c1. The summed E-state index contributed by atoms with van der Waals surface area (Å²) in [5, 5.41) is 6.40. The van der Waals surface area contributed by atoms with E-state index >= 15 is 0 Å². The number of rotatable bonds is 8. The molecule has 5 aliphatic rings. The first-order chi connectivity index (χ1) is 20.2. The molecular formula is C33H46N4O5. The molecule has 1 spiro atoms. The maximum Gasteiger partial charge on any atom is 0.246 e. The third kappa shape index (κ3) is 5.28. The molecule has 1 aromatic rings. The van der Waals surface area contributed by atoms with E-state index in [4.69, 9.17) is 9.47 Å². The summed E-state index contributed by atoms with van der Waals surface area (Å²) < 4.78 is 12.0. The molecule has 0 aromatic heterocycles. The second-order valence-corrected chi connectivity index (χ2v) is 13.3. The number of nitrogens with zero attached hydrogens (tertiary/aromatic N) is 2. The summed E-state index contributed by atoms with van der Waals surface area (Å²) in [5.41, 5.74) is 1.68. The van der Waals surface area contributed by atoms with Crippen molar-refractivity contribution in [3.8, 4) is 0 Å². The van der Waals surface area contributed by atoms with Gasteiger partial charge in [0.15, 0.2) is 0 Å². The molecule has 9 nitrogen and oxygen atoms in total. The van der Waals surface area contributed by atoms with E-state index in [1.165, 1.54) is 6.42 Å². The number of ether oxygens (including phenoxy) is 2. The smallest absolute Gasteiger partial charge is 0.246 e. The number of amides is 3. The van der Waals surface area contributed by atoms with Crippen LogP contribution in [0, 0.1) is 37.5 Å². The molecular weight excluding hydrogens is 532 g/mol. The monoisotopic (exact) mass is 578 g/mol. The van der Waals surface area contributed by atoms with Crippen LogP contribution in [0.25, 0.3) is 0 Å². The van der Waals surface area contributed by atoms with Crippen LogP contribution in [0.5, 0.6) is 0 Å². The molecule has 1 saturated carbocycles. The van der Waals surface area contributed by atoms with Crippen molar-refractivity contribution in [2.45, 2.75) is 77.2 Å². The minimum atomic E-state index is -1.14. The van der Waals surface area contributed by atoms with Crippen molar-refractivity contribution in [3.05, 3.63) is 41.5 Å². The fraction of sp³-hybridized carbons (Fsp3) is 0.667. The summed E-state index contributed by atoms with van der Waals surface area (Å²) in [6, 6.07) is 5.18. The van der Waals surface area contributed by atoms with Gasteiger partial charge < -0.3 is 25.0 Å². The number of fused-ring (bicyclic) bond motifs is 1. The van der Waals surface area contributed by atoms with Crippen LogP contribution in [-0.4, -0.2) is 90.7 Å². The van der Waals surface area contributed by atoms with Crippen molar-refractivity contribution >= 4 is 23.4 Å². The van der Waals surface area contributed by atoms with Gasteiger partial charge in [-0.1, -0.05) is 44.9 Å². The molecule has 1 aromatic carbocycles. The number of carbonyl (C=O) groups is 3. The van der Waals surface area contributed by atoms with Crippen LogP contribution in [0.2, 0.25) is 0 Å². The molecule has 9 heteroatoms. The summed E-state index contributed by atoms with van der Waals surface area (Å²) >= 11 is 0. The Hall–Kier alpha value is -2.75. The first-order valence-corrected chi connectivity index (χ1v) is 15.9. The predicted molar refractivity (Wildman–Crippen MR) is 160 cm³/mol. The number of morpholine rings is 1. The van der Waals surface area contributed by atoms with Gasteiger partial charge in [-0.3, -0.25) is 19.3 Å². The highest BCUT2D eigenvalue weighted by Crippen LogP contribution is 2.55. The normalized spacial score (nSPS) is 35.9. The van der Waals surface area contributed by atoms with E-state index < -0.39 is 29.6 Å². The minimum Gasteiger partial charge on any atom is -0.379 e. The molecule has 3 saturated heterocycles. The third-order valence-electron chi connectivity index (χ3n) is 10.4. The summed E-state index contributed by atoms with van der Waals surface area (Å²) in [6.45, 7) is 12.9. The second-order valence-electron chi connectivity index (χ2n) is 13.3. The third-order valence-corrected chi connectivity index (χ3v) is 10.4. The van der Waals surface area contributed by atoms with Crippen molar-refractivity contribution < 1.29 is 23.9 Å². The van der Waals surface area contributed by atoms with Crippen LogP contribution < -0.4 is 10.6 Å². The Bertz CT molecular complexity index is 1220. The zero-order valence-electron chi connectivity index (χ0n) is 25.4. The molecule has 1 aliphatic carbocycles. The molecule has 0 radical (unpaired) electrons. The lowest BCUT2D eigenvalue weighted by Crippen LogP contribution is -2.58. The maximum absolute atomic E-state index is 14.3. The van der Waals surface area contributed by atoms with Gasteiger partial charge >= 0.3 is 0 Å². The van der Waals surface area contributed by atoms with Crippen LogP contribution in [0.3, 0.4) is 0 Å². The van der Waals surface area contributed by atoms with Gasteiger partial charge in [0, 0.05) is 37.9 Å². The van der Waals surface area contributed by atoms with E-state index in [-0.39, 0.29) is 23.8 Å². The van der Waals surface area contributed by atoms with Gasteiger partial charge in [0.25, 0.3) is 0 Å². The van der Waals surface area contributed by atoms with E-state index in [9.17, 15) is 14.4 Å². The van der Waals surface area contributed by atoms with Crippen LogP contribution in [-0.2, 0) is 23.9 Å². The number of aryl methyl sites for hydroxylation is 2. The maximum atomic E-state index is 14.3. The number of nitrogens with one attached hydrogen (secondary N) is 2. The zero-order chi connectivity index (χ0) is 29.6. The Morgan fingerprint density at radius 1 is 1.02 bits per heavy atom. The van der Waals surface area contributed by atoms with Gasteiger partial charge in [0.1, 0.15) is 11.6 Å². The number of hydrogen-bond donors (Lipinski definition) is 2. The first kappa shape index (κ1) is 29.3. The number of hydrogen-bond acceptors (Lipinski definition) is 6. The van der Waals surface area contributed by atoms with E-state index in [1.54, 1.807) is 4.90 Å². The summed E-state index contributed by atoms with van der Waals surface area (Å²) in [4.78, 5) is 46.3. The zero-order valence-corrected chi connectivity index (χ0v) is 25.4. The van der Waals surface area contributed by atoms with Crippen LogP contribution >= 0.6 is 0 Å². The Morgan fingerprint density at radius 3 is 2.50 bits per heavy atom. The molecule has 2 bridgehead atoms. The van der Waals surface area contributed by atoms with Crippen LogP contribution in [0.1, 0.15) is 50.7 Å². The summed E-state index contributed by atoms with van der Waals surface area (Å²) in [5.74, 6) is -1.11. The molecule has 4 aliphatic heterocycles. The Kier molecular flexibility index (Phi) is 8.19. The van der Waals surface area contributed by atoms with E-state index in [1.807, 2.05) is 38.1 Å². The van der Waals surface area contributed by atoms with E-state index in [0.29, 0.717) is 37.3 Å². The van der Waals surface area contributed by atoms with E-state index in [0.717, 1.165) is 50.0 Å². The van der Waals surface area contributed by atoms with Crippen molar-refractivity contribution in [2.75, 3.05) is 44.7 Å². The van der Waals surface area contributed by atoms with E-state index in [2.05, 4.69) is 35.4 Å². The summed E-state index contributed by atoms with van der Waals surface area (Å²) in [6.07, 6.45) is 7.17. The first-order valence-electron chi connectivity index (χ1n) is 15.9. The Labute approximate surface area is 249 Å². The van der Waals surface area contributed by atoms with Gasteiger partial charge in [-0.05, 0) is 61.8 Å². The fourth-order valence-corrected chi connectivity index (χ4v) is 8.12. The highest BCUT2D eigenvalue weighted by atomic mass is 16.5. The molecule has 6 rings (SSSR count). The average Bonchev–Trinajstić information content (AvgIpc) is 3.59. The average molecular weight is 579 g/mol. The lowest BCUT2D eigenvalue weighted by molar-refractivity contribution is -0.141. The molecule has 4 heterocycles. The molecule has 3 amide bonds. The number of likely N-dealkylation sites (tertiary alicyclic amines) is 1. The minimum absolute atomic E-state index is 0.0632. The quantitative estimate of drug-likeness (QED) is 0.460. The highest BCUT2D eigenvalue weighted by molar-refractivity contribution is 6.02. The highest BCUT2D eigenvalue weighted by Gasteiger charge is 2.72. The topological polar surface area (TPSA) is 100 Å². The lowest BCUT2D eigenvalue weighted by atomic mass is 9.73. The van der Waals surface area contributed by atoms with Crippen molar-refractivity contribution in [1.82, 2.24) is 15.1 Å². The molecule has 42 heavy (non-hydrogen) atoms. The van der Waals surface area contributed by atoms with Gasteiger partial charge in [0.2, 0.25) is 17.7 Å². The lowest BCUT2D eigenvalue weighted by Gasteiger charge is -2.38. The predicted octanol–water partition coefficient (Wildman–Crippen LogP) is 3.06. The molecule has 4 fully saturated rings. The van der Waals surface area contributed by atoms with Crippen LogP contribution in [0.4, 0.5) is 5.69 Å². The number of anilines is 1. The molecule has 0 unspecified atom stereocenters. The Morgan fingerprint density at radius 2 is 1.76 bits per heavy atom. The summed E-state index contributed by atoms with van der Waals surface area (Å²) in [7, 11) is 0. The molecule has 8 atom stereocenters. The second kappa shape index (κ2) is 11.7. The van der Waals surface area contributed by atoms with Crippen LogP contribution in [0.15, 0.2) is 30.4 Å². The molecule has 2 N–H and O–H groups in total. The fourth-order valence-electron chi connectivity index (χ4n) is 8.12. The van der Waals surface area contributed by atoms with Crippen molar-refractivity contribution in [3.63, 3.8) is 0 Å². The van der Waals surface area contributed by atoms with Crippen molar-refractivity contribution in [1.29, 1.82) is 0 Å². The van der Waals surface area contributed by atoms with Gasteiger partial charge in [-0.25, -0.2) is 0 Å². The largest absolute Gasteiger partial charge is 0.379 e. The molecule has 228 valence electrons. The Balaban J connectivity index is 1.25. The van der Waals surface area contributed by atoms with Gasteiger partial charge in [-0.15, -0.1) is 0 Å². The van der Waals surface area contributed by atoms with Crippen molar-refractivity contribution in [2.24, 2.45) is 23.7 Å². The number of benzene rings is 1. The van der Waals surface area contributed by atoms with Gasteiger partial charge in [0.05, 0.1) is 31.2 Å². The standard InChI is InChI=1S/C33H46N4O5/c1-20-17-21(2)19-24(18-20)34-30(38)27-26-9-10-33(42-26)28(27)32(40)37(12-6-11-36-13-15-41-16-14-36)29(33)31(39)35-25-8-5-7-22(3)23(25)4/h9-10,17-19,22-23,25-29H,5-8,11-16H2,1-4H3,(H,34,38)(H,35,39)/t22-,23+,25+,26-,27+,28-,29-,33-/m0/s1.